The summed E-state index contributed by atoms with van der Waals surface area (Å²) in [6, 6.07) is 18.9. The van der Waals surface area contributed by atoms with Crippen LogP contribution in [0, 0.1) is 0 Å². The standard InChI is InChI=1S/C23H22N2S/c26-22-19-20(24-21(25-22)16-9-3-1-4-10-16)18-12-6-5-11-17(18)15-23(19)13-7-2-8-14-23/h1,3-6,9-12H,2,7-8,13-15H2,(H,24,25,26)/p-1. The van der Waals surface area contributed by atoms with Gasteiger partial charge in [0.2, 0.25) is 0 Å². The van der Waals surface area contributed by atoms with Gasteiger partial charge in [0.15, 0.2) is 5.82 Å². The van der Waals surface area contributed by atoms with Crippen LogP contribution >= 0.6 is 0 Å². The summed E-state index contributed by atoms with van der Waals surface area (Å²) in [7, 11) is 0. The van der Waals surface area contributed by atoms with Crippen LogP contribution in [0.5, 0.6) is 0 Å². The Balaban J connectivity index is 1.77. The van der Waals surface area contributed by atoms with Crippen LogP contribution in [0.1, 0.15) is 43.2 Å². The molecule has 0 N–H and O–H groups in total. The number of aromatic nitrogens is 2. The molecule has 3 heteroatoms. The summed E-state index contributed by atoms with van der Waals surface area (Å²) in [6.07, 6.45) is 7.36. The van der Waals surface area contributed by atoms with Crippen LogP contribution in [0.15, 0.2) is 59.6 Å². The maximum atomic E-state index is 5.86. The van der Waals surface area contributed by atoms with Crippen LogP contribution in [0.2, 0.25) is 0 Å². The third kappa shape index (κ3) is 2.45. The van der Waals surface area contributed by atoms with Crippen LogP contribution in [0.4, 0.5) is 0 Å². The molecule has 2 nitrogen and oxygen atoms in total. The molecule has 2 aliphatic rings. The lowest BCUT2D eigenvalue weighted by atomic mass is 9.62. The molecule has 0 atom stereocenters. The van der Waals surface area contributed by atoms with Crippen molar-refractivity contribution in [2.45, 2.75) is 49.0 Å². The fourth-order valence-electron chi connectivity index (χ4n) is 4.84. The van der Waals surface area contributed by atoms with Crippen molar-refractivity contribution < 1.29 is 0 Å². The first kappa shape index (κ1) is 16.0. The molecule has 2 aliphatic carbocycles. The minimum atomic E-state index is 0.133. The molecule has 1 heterocycles. The summed E-state index contributed by atoms with van der Waals surface area (Å²) in [6.45, 7) is 0. The quantitative estimate of drug-likeness (QED) is 0.426. The van der Waals surface area contributed by atoms with Crippen molar-refractivity contribution in [2.75, 3.05) is 0 Å². The molecule has 0 unspecified atom stereocenters. The van der Waals surface area contributed by atoms with Crippen LogP contribution in [0.25, 0.3) is 22.6 Å². The molecule has 2 aromatic carbocycles. The molecule has 3 aromatic rings. The van der Waals surface area contributed by atoms with Crippen molar-refractivity contribution in [3.05, 3.63) is 65.7 Å². The average molecular weight is 358 g/mol. The Morgan fingerprint density at radius 2 is 1.54 bits per heavy atom. The fraction of sp³-hybridized carbons (Fsp3) is 0.304. The summed E-state index contributed by atoms with van der Waals surface area (Å²) < 4.78 is 0. The highest BCUT2D eigenvalue weighted by atomic mass is 32.1. The highest BCUT2D eigenvalue weighted by Crippen LogP contribution is 2.51. The van der Waals surface area contributed by atoms with E-state index in [1.54, 1.807) is 0 Å². The minimum Gasteiger partial charge on any atom is -0.760 e. The molecule has 0 saturated heterocycles. The van der Waals surface area contributed by atoms with E-state index in [9.17, 15) is 0 Å². The molecule has 1 fully saturated rings. The van der Waals surface area contributed by atoms with Gasteiger partial charge in [-0.1, -0.05) is 78.9 Å². The van der Waals surface area contributed by atoms with Gasteiger partial charge in [0, 0.05) is 16.5 Å². The lowest BCUT2D eigenvalue weighted by molar-refractivity contribution is 0.282. The van der Waals surface area contributed by atoms with E-state index >= 15 is 0 Å². The van der Waals surface area contributed by atoms with Gasteiger partial charge in [-0.25, -0.2) is 4.98 Å². The molecule has 1 aromatic heterocycles. The van der Waals surface area contributed by atoms with Crippen molar-refractivity contribution >= 4 is 12.6 Å². The fourth-order valence-corrected chi connectivity index (χ4v) is 5.24. The lowest BCUT2D eigenvalue weighted by Crippen LogP contribution is -2.36. The number of rotatable bonds is 1. The molecule has 0 aliphatic heterocycles. The Bertz CT molecular complexity index is 959. The Hall–Kier alpha value is -2.26. The summed E-state index contributed by atoms with van der Waals surface area (Å²) in [4.78, 5) is 9.84. The predicted molar refractivity (Wildman–Crippen MR) is 107 cm³/mol. The molecule has 0 amide bonds. The van der Waals surface area contributed by atoms with Gasteiger partial charge >= 0.3 is 0 Å². The highest BCUT2D eigenvalue weighted by molar-refractivity contribution is 7.58. The molecule has 26 heavy (non-hydrogen) atoms. The van der Waals surface area contributed by atoms with Gasteiger partial charge in [-0.2, -0.15) is 0 Å². The minimum absolute atomic E-state index is 0.133. The van der Waals surface area contributed by atoms with Crippen molar-refractivity contribution in [1.82, 2.24) is 9.97 Å². The number of fused-ring (bicyclic) bond motifs is 4. The Kier molecular flexibility index (Phi) is 3.79. The normalized spacial score (nSPS) is 17.5. The Morgan fingerprint density at radius 3 is 2.35 bits per heavy atom. The van der Waals surface area contributed by atoms with Crippen molar-refractivity contribution in [3.63, 3.8) is 0 Å². The van der Waals surface area contributed by atoms with Crippen molar-refractivity contribution in [2.24, 2.45) is 0 Å². The first-order valence-corrected chi connectivity index (χ1v) is 9.91. The van der Waals surface area contributed by atoms with E-state index < -0.39 is 0 Å². The Labute approximate surface area is 160 Å². The summed E-state index contributed by atoms with van der Waals surface area (Å²) in [5.41, 5.74) is 6.13. The SMILES string of the molecule is [S-]c1nc(-c2ccccc2)nc2c1C1(CCCCC1)Cc1ccccc1-2. The van der Waals surface area contributed by atoms with E-state index in [4.69, 9.17) is 22.6 Å². The second-order valence-corrected chi connectivity index (χ2v) is 8.00. The zero-order valence-corrected chi connectivity index (χ0v) is 15.6. The van der Waals surface area contributed by atoms with E-state index in [1.807, 2.05) is 18.2 Å². The van der Waals surface area contributed by atoms with Gasteiger partial charge in [0.1, 0.15) is 0 Å². The zero-order valence-electron chi connectivity index (χ0n) is 14.7. The first-order chi connectivity index (χ1) is 12.8. The molecule has 1 spiro atoms. The topological polar surface area (TPSA) is 25.8 Å². The summed E-state index contributed by atoms with van der Waals surface area (Å²) >= 11 is 5.86. The zero-order chi connectivity index (χ0) is 17.6. The van der Waals surface area contributed by atoms with E-state index in [2.05, 4.69) is 36.4 Å². The molecule has 0 bridgehead atoms. The predicted octanol–water partition coefficient (Wildman–Crippen LogP) is 5.47. The van der Waals surface area contributed by atoms with Gasteiger partial charge in [-0.3, -0.25) is 4.98 Å². The van der Waals surface area contributed by atoms with Crippen molar-refractivity contribution in [3.8, 4) is 22.6 Å². The summed E-state index contributed by atoms with van der Waals surface area (Å²) in [5.74, 6) is 0.747. The van der Waals surface area contributed by atoms with Gasteiger partial charge in [0.05, 0.1) is 5.69 Å². The third-order valence-electron chi connectivity index (χ3n) is 6.05. The van der Waals surface area contributed by atoms with E-state index in [1.165, 1.54) is 48.8 Å². The van der Waals surface area contributed by atoms with Crippen molar-refractivity contribution in [1.29, 1.82) is 0 Å². The van der Waals surface area contributed by atoms with Gasteiger partial charge < -0.3 is 12.6 Å². The van der Waals surface area contributed by atoms with Crippen LogP contribution in [-0.2, 0) is 24.5 Å². The van der Waals surface area contributed by atoms with Gasteiger partial charge in [-0.15, -0.1) is 0 Å². The third-order valence-corrected chi connectivity index (χ3v) is 6.35. The lowest BCUT2D eigenvalue weighted by Gasteiger charge is -2.44. The molecule has 1 saturated carbocycles. The van der Waals surface area contributed by atoms with E-state index in [0.717, 1.165) is 28.5 Å². The molecule has 5 rings (SSSR count). The molecule has 0 radical (unpaired) electrons. The monoisotopic (exact) mass is 357 g/mol. The van der Waals surface area contributed by atoms with Crippen LogP contribution in [-0.4, -0.2) is 9.97 Å². The maximum Gasteiger partial charge on any atom is 0.158 e. The Morgan fingerprint density at radius 1 is 0.808 bits per heavy atom. The van der Waals surface area contributed by atoms with E-state index in [0.29, 0.717) is 0 Å². The van der Waals surface area contributed by atoms with Gasteiger partial charge in [0.25, 0.3) is 0 Å². The molecule has 130 valence electrons. The number of hydrogen-bond acceptors (Lipinski definition) is 3. The van der Waals surface area contributed by atoms with Crippen LogP contribution in [0.3, 0.4) is 0 Å². The molecular weight excluding hydrogens is 336 g/mol. The average Bonchev–Trinajstić information content (AvgIpc) is 2.69. The van der Waals surface area contributed by atoms with Gasteiger partial charge in [-0.05, 0) is 30.4 Å². The second kappa shape index (κ2) is 6.17. The van der Waals surface area contributed by atoms with Crippen LogP contribution < -0.4 is 0 Å². The number of nitrogens with zero attached hydrogens (tertiary/aromatic N) is 2. The smallest absolute Gasteiger partial charge is 0.158 e. The van der Waals surface area contributed by atoms with E-state index in [-0.39, 0.29) is 5.41 Å². The summed E-state index contributed by atoms with van der Waals surface area (Å²) in [5, 5.41) is 0.755. The number of benzene rings is 2. The number of hydrogen-bond donors (Lipinski definition) is 0. The highest BCUT2D eigenvalue weighted by Gasteiger charge is 2.41. The second-order valence-electron chi connectivity index (χ2n) is 7.62. The maximum absolute atomic E-state index is 5.86. The first-order valence-electron chi connectivity index (χ1n) is 9.50. The largest absolute Gasteiger partial charge is 0.760 e. The molecular formula is C23H21N2S-.